The molecular weight excluding hydrogens is 1390 g/mol. The van der Waals surface area contributed by atoms with E-state index in [1.54, 1.807) is 77.0 Å². The molecule has 1 fully saturated rings. The van der Waals surface area contributed by atoms with Crippen molar-refractivity contribution in [1.82, 2.24) is 34.2 Å². The maximum atomic E-state index is 13.5. The third-order valence-electron chi connectivity index (χ3n) is 16.4. The first-order chi connectivity index (χ1) is 48.8. The van der Waals surface area contributed by atoms with Gasteiger partial charge < -0.3 is 48.5 Å². The van der Waals surface area contributed by atoms with Crippen molar-refractivity contribution in [3.05, 3.63) is 187 Å². The zero-order chi connectivity index (χ0) is 74.8. The fourth-order valence-electron chi connectivity index (χ4n) is 10.8. The average molecular weight is 1470 g/mol. The van der Waals surface area contributed by atoms with Crippen LogP contribution < -0.4 is 34.5 Å². The number of methoxy groups -OCH3 is 1. The monoisotopic (exact) mass is 1470 g/mol. The third-order valence-corrected chi connectivity index (χ3v) is 19.1. The number of fused-ring (bicyclic) bond motifs is 2. The van der Waals surface area contributed by atoms with Gasteiger partial charge in [-0.15, -0.1) is 0 Å². The van der Waals surface area contributed by atoms with Gasteiger partial charge in [0.05, 0.1) is 66.1 Å². The number of esters is 1. The summed E-state index contributed by atoms with van der Waals surface area (Å²) in [6, 6.07) is 30.6. The lowest BCUT2D eigenvalue weighted by Crippen LogP contribution is -2.31. The summed E-state index contributed by atoms with van der Waals surface area (Å²) in [6.07, 6.45) is 5.53. The highest BCUT2D eigenvalue weighted by Gasteiger charge is 2.34. The molecule has 0 radical (unpaired) electrons. The molecule has 103 heavy (non-hydrogen) atoms. The van der Waals surface area contributed by atoms with Crippen LogP contribution in [0.1, 0.15) is 125 Å². The highest BCUT2D eigenvalue weighted by Crippen LogP contribution is 2.38. The van der Waals surface area contributed by atoms with Crippen LogP contribution in [-0.2, 0) is 72.0 Å². The van der Waals surface area contributed by atoms with Crippen molar-refractivity contribution in [2.75, 3.05) is 33.2 Å². The summed E-state index contributed by atoms with van der Waals surface area (Å²) in [4.78, 5) is 83.3. The van der Waals surface area contributed by atoms with E-state index in [9.17, 15) is 50.7 Å². The first-order valence-electron chi connectivity index (χ1n) is 32.7. The maximum absolute atomic E-state index is 13.5. The van der Waals surface area contributed by atoms with Gasteiger partial charge in [0, 0.05) is 53.5 Å². The quantitative estimate of drug-likeness (QED) is 0.0431. The fourth-order valence-corrected chi connectivity index (χ4v) is 12.9. The number of carboxylic acids is 1. The van der Waals surface area contributed by atoms with Crippen LogP contribution in [0.3, 0.4) is 0 Å². The number of nitrogens with one attached hydrogen (secondary N) is 2. The van der Waals surface area contributed by atoms with Crippen molar-refractivity contribution in [1.29, 1.82) is 0 Å². The van der Waals surface area contributed by atoms with Gasteiger partial charge in [0.1, 0.15) is 40.5 Å². The number of carbonyl (C=O) groups is 5. The zero-order valence-corrected chi connectivity index (χ0v) is 60.9. The van der Waals surface area contributed by atoms with E-state index in [0.717, 1.165) is 48.6 Å². The number of carboxylic acid groups (broad SMARTS) is 1. The number of hydrogen-bond acceptors (Lipinski definition) is 21. The number of aliphatic carboxylic acids is 1. The van der Waals surface area contributed by atoms with Gasteiger partial charge in [0.2, 0.25) is 11.8 Å². The van der Waals surface area contributed by atoms with Gasteiger partial charge >= 0.3 is 18.0 Å². The third kappa shape index (κ3) is 18.5. The average Bonchev–Trinajstić information content (AvgIpc) is 1.65. The highest BCUT2D eigenvalue weighted by molar-refractivity contribution is 7.91. The van der Waals surface area contributed by atoms with Crippen LogP contribution in [-0.4, -0.2) is 132 Å². The van der Waals surface area contributed by atoms with E-state index >= 15 is 0 Å². The summed E-state index contributed by atoms with van der Waals surface area (Å²) >= 11 is 5.88. The van der Waals surface area contributed by atoms with Crippen molar-refractivity contribution >= 4 is 77.8 Å². The number of halogens is 1. The summed E-state index contributed by atoms with van der Waals surface area (Å²) in [5.41, 5.74) is 7.31. The fraction of sp³-hybridized carbons (Fsp3) is 0.329. The SMILES string of the molecule is CCc1cc(C)cc(CC)c1-c1c(OC(=O)C(C)(C)C)n2n(c1=O)CCOCC2.COc1ccccc1C(=O)NS(=O)(=O)c1ccc(C(=O)NC2CC2)cc1.C[C@@H](Oc1ccc(Oc2nc3ccc(Cl)cc3o2)cc1)C(=O)O.Cc1c(C(=O)c2cnn(C)c2O)ccc(S(C)(=O)=O)c1C1=NOCC1. The van der Waals surface area contributed by atoms with Crippen LogP contribution in [0.5, 0.6) is 35.1 Å². The molecular formula is C73H79ClN8O19S2. The number of aromatic nitrogens is 5. The molecule has 3 aliphatic rings. The first kappa shape index (κ1) is 76.6. The van der Waals surface area contributed by atoms with Crippen molar-refractivity contribution in [2.45, 2.75) is 123 Å². The Balaban J connectivity index is 0.000000160. The topological polar surface area (TPSA) is 357 Å². The van der Waals surface area contributed by atoms with Gasteiger partial charge in [-0.2, -0.15) is 10.1 Å². The van der Waals surface area contributed by atoms with Crippen molar-refractivity contribution in [3.8, 4) is 46.2 Å². The number of hydrogen-bond donors (Lipinski definition) is 4. The van der Waals surface area contributed by atoms with E-state index < -0.39 is 49.0 Å². The number of rotatable bonds is 19. The molecule has 544 valence electrons. The number of sulfone groups is 1. The van der Waals surface area contributed by atoms with E-state index in [4.69, 9.17) is 49.6 Å². The Hall–Kier alpha value is -10.6. The number of nitrogens with zero attached hydrogens (tertiary/aromatic N) is 6. The minimum atomic E-state index is -4.07. The molecule has 1 aliphatic carbocycles. The van der Waals surface area contributed by atoms with Crippen LogP contribution in [0, 0.1) is 19.3 Å². The summed E-state index contributed by atoms with van der Waals surface area (Å²) in [7, 11) is -4.68. The molecule has 4 N–H and O–H groups in total. The summed E-state index contributed by atoms with van der Waals surface area (Å²) < 4.78 is 88.5. The lowest BCUT2D eigenvalue weighted by molar-refractivity contribution is -0.144. The number of benzene rings is 6. The van der Waals surface area contributed by atoms with E-state index in [2.05, 4.69) is 53.5 Å². The van der Waals surface area contributed by atoms with Crippen LogP contribution in [0.2, 0.25) is 5.02 Å². The number of ether oxygens (including phenoxy) is 5. The number of aryl methyl sites for hydroxylation is 4. The molecule has 5 heterocycles. The van der Waals surface area contributed by atoms with Crippen molar-refractivity contribution in [2.24, 2.45) is 17.6 Å². The Bertz CT molecular complexity index is 4990. The minimum absolute atomic E-state index is 0.0493. The number of oxime groups is 1. The van der Waals surface area contributed by atoms with Gasteiger partial charge in [-0.1, -0.05) is 60.4 Å². The lowest BCUT2D eigenvalue weighted by Gasteiger charge is -2.19. The van der Waals surface area contributed by atoms with Crippen LogP contribution in [0.15, 0.2) is 146 Å². The first-order valence-corrected chi connectivity index (χ1v) is 36.5. The summed E-state index contributed by atoms with van der Waals surface area (Å²) in [5.74, 6) is -1.59. The molecule has 12 rings (SSSR count). The lowest BCUT2D eigenvalue weighted by atomic mass is 9.91. The van der Waals surface area contributed by atoms with E-state index in [1.807, 2.05) is 25.5 Å². The standard InChI is InChI=1S/C23H32N2O4.C18H18N2O5S.C16H12ClNO5.C16H17N3O5S/c1-7-16-13-15(3)14-17(8-2)18(16)19-20(26)24-9-11-28-12-10-25(24)21(19)29-22(27)23(4,5)6;1-25-16-5-3-2-4-15(16)18(22)20-26(23,24)14-10-6-12(7-11-14)17(21)19-13-8-9-13;1-9(15(19)20)21-11-3-5-12(6-4-11)22-16-18-13-7-2-10(17)8-14(13)23-16;1-9-10(15(20)11-8-17-19(2)16(11)21)4-5-13(25(3,22)23)14(9)12-6-7-24-18-12/h13-14H,7-12H2,1-6H3;2-7,10-11,13H,8-9H2,1H3,(H,19,21)(H,20,22);2-9H,1H3,(H,19,20);4-5,8,21H,6-7H2,1-3H3/t;;9-;/m..1./s1. The number of aromatic hydroxyl groups is 1. The van der Waals surface area contributed by atoms with Crippen LogP contribution in [0.4, 0.5) is 0 Å². The molecule has 2 aliphatic heterocycles. The van der Waals surface area contributed by atoms with Crippen LogP contribution in [0.25, 0.3) is 22.2 Å². The van der Waals surface area contributed by atoms with Crippen molar-refractivity contribution < 1.29 is 84.0 Å². The Kier molecular flexibility index (Phi) is 24.2. The second kappa shape index (κ2) is 32.6. The molecule has 2 amide bonds. The number of amides is 2. The maximum Gasteiger partial charge on any atom is 0.400 e. The Morgan fingerprint density at radius 1 is 0.786 bits per heavy atom. The predicted octanol–water partition coefficient (Wildman–Crippen LogP) is 10.8. The highest BCUT2D eigenvalue weighted by atomic mass is 35.5. The van der Waals surface area contributed by atoms with E-state index in [-0.39, 0.29) is 67.7 Å². The number of para-hydroxylation sites is 1. The van der Waals surface area contributed by atoms with Crippen LogP contribution >= 0.6 is 11.6 Å². The van der Waals surface area contributed by atoms with Crippen molar-refractivity contribution in [3.63, 3.8) is 0 Å². The largest absolute Gasteiger partial charge is 0.496 e. The molecule has 0 unspecified atom stereocenters. The molecule has 3 aromatic heterocycles. The van der Waals surface area contributed by atoms with Gasteiger partial charge in [-0.25, -0.2) is 40.4 Å². The number of carbonyl (C=O) groups excluding carboxylic acids is 4. The van der Waals surface area contributed by atoms with Gasteiger partial charge in [0.25, 0.3) is 27.4 Å². The molecule has 0 spiro atoms. The summed E-state index contributed by atoms with van der Waals surface area (Å²) in [6.45, 7) is 17.0. The second-order valence-corrected chi connectivity index (χ2v) is 29.3. The molecule has 30 heteroatoms. The molecule has 9 aromatic rings. The molecule has 6 aromatic carbocycles. The Labute approximate surface area is 599 Å². The molecule has 27 nitrogen and oxygen atoms in total. The predicted molar refractivity (Wildman–Crippen MR) is 381 cm³/mol. The Morgan fingerprint density at radius 2 is 1.44 bits per heavy atom. The molecule has 0 bridgehead atoms. The minimum Gasteiger partial charge on any atom is -0.496 e. The normalized spacial score (nSPS) is 13.7. The van der Waals surface area contributed by atoms with Gasteiger partial charge in [0.15, 0.2) is 27.3 Å². The molecule has 1 atom stereocenters. The second-order valence-electron chi connectivity index (χ2n) is 25.2. The number of oxazole rings is 1. The number of sulfonamides is 1. The van der Waals surface area contributed by atoms with E-state index in [0.29, 0.717) is 101 Å². The molecule has 0 saturated heterocycles. The zero-order valence-electron chi connectivity index (χ0n) is 58.5. The molecule has 1 saturated carbocycles. The summed E-state index contributed by atoms with van der Waals surface area (Å²) in [5, 5.41) is 29.9. The Morgan fingerprint density at radius 3 is 2.02 bits per heavy atom. The van der Waals surface area contributed by atoms with Gasteiger partial charge in [-0.05, 0) is 174 Å². The smallest absolute Gasteiger partial charge is 0.400 e. The van der Waals surface area contributed by atoms with Gasteiger partial charge in [-0.3, -0.25) is 24.0 Å². The van der Waals surface area contributed by atoms with E-state index in [1.165, 1.54) is 80.0 Å². The number of ketones is 1.